The molecule has 0 saturated heterocycles. The zero-order chi connectivity index (χ0) is 18.5. The molecule has 134 valence electrons. The van der Waals surface area contributed by atoms with Crippen molar-refractivity contribution in [3.8, 4) is 5.75 Å². The Bertz CT molecular complexity index is 860. The number of hydrogen-bond donors (Lipinski definition) is 1. The predicted molar refractivity (Wildman–Crippen MR) is 106 cm³/mol. The third-order valence-corrected chi connectivity index (χ3v) is 4.52. The minimum absolute atomic E-state index is 0.0735. The lowest BCUT2D eigenvalue weighted by Gasteiger charge is -2.10. The summed E-state index contributed by atoms with van der Waals surface area (Å²) in [4.78, 5) is 0. The van der Waals surface area contributed by atoms with Gasteiger partial charge in [-0.1, -0.05) is 53.0 Å². The van der Waals surface area contributed by atoms with Gasteiger partial charge in [0.25, 0.3) is 0 Å². The minimum atomic E-state index is -0.376. The Hall–Kier alpha value is -1.94. The van der Waals surface area contributed by atoms with E-state index in [9.17, 15) is 4.39 Å². The third-order valence-electron chi connectivity index (χ3n) is 3.73. The van der Waals surface area contributed by atoms with Crippen molar-refractivity contribution < 1.29 is 9.13 Å². The molecule has 0 amide bonds. The zero-order valence-corrected chi connectivity index (χ0v) is 15.9. The van der Waals surface area contributed by atoms with Crippen LogP contribution in [0, 0.1) is 5.82 Å². The summed E-state index contributed by atoms with van der Waals surface area (Å²) in [6.07, 6.45) is 0. The molecule has 0 radical (unpaired) electrons. The number of rotatable bonds is 6. The second-order valence-electron chi connectivity index (χ2n) is 5.64. The molecule has 1 N–H and O–H groups in total. The second kappa shape index (κ2) is 8.63. The van der Waals surface area contributed by atoms with Gasteiger partial charge in [-0.05, 0) is 48.0 Å². The van der Waals surface area contributed by atoms with Crippen LogP contribution in [-0.2, 0) is 13.2 Å². The fraction of sp³-hybridized carbons (Fsp3) is 0.100. The Labute approximate surface area is 166 Å². The van der Waals surface area contributed by atoms with E-state index >= 15 is 0 Å². The lowest BCUT2D eigenvalue weighted by molar-refractivity contribution is 0.300. The van der Waals surface area contributed by atoms with Crippen LogP contribution in [0.15, 0.2) is 60.7 Å². The van der Waals surface area contributed by atoms with Crippen molar-refractivity contribution in [1.82, 2.24) is 0 Å². The van der Waals surface area contributed by atoms with Crippen molar-refractivity contribution in [2.45, 2.75) is 13.2 Å². The van der Waals surface area contributed by atoms with E-state index in [1.54, 1.807) is 18.2 Å². The highest BCUT2D eigenvalue weighted by molar-refractivity contribution is 6.35. The van der Waals surface area contributed by atoms with E-state index in [0.717, 1.165) is 11.3 Å². The van der Waals surface area contributed by atoms with Gasteiger partial charge in [-0.3, -0.25) is 0 Å². The van der Waals surface area contributed by atoms with Gasteiger partial charge in [0.15, 0.2) is 0 Å². The summed E-state index contributed by atoms with van der Waals surface area (Å²) >= 11 is 18.0. The third kappa shape index (κ3) is 5.04. The molecule has 0 aliphatic rings. The SMILES string of the molecule is Fc1cccc(Cl)c1COc1ccc(CNc2cc(Cl)cc(Cl)c2)cc1. The summed E-state index contributed by atoms with van der Waals surface area (Å²) in [6, 6.07) is 17.4. The van der Waals surface area contributed by atoms with E-state index in [-0.39, 0.29) is 12.4 Å². The molecule has 2 nitrogen and oxygen atoms in total. The maximum Gasteiger partial charge on any atom is 0.131 e. The fourth-order valence-corrected chi connectivity index (χ4v) is 3.13. The molecule has 6 heteroatoms. The zero-order valence-electron chi connectivity index (χ0n) is 13.6. The Morgan fingerprint density at radius 3 is 2.23 bits per heavy atom. The molecule has 0 heterocycles. The van der Waals surface area contributed by atoms with Gasteiger partial charge in [0.05, 0.1) is 5.02 Å². The molecule has 0 spiro atoms. The van der Waals surface area contributed by atoms with E-state index in [1.165, 1.54) is 6.07 Å². The van der Waals surface area contributed by atoms with Crippen LogP contribution in [0.5, 0.6) is 5.75 Å². The normalized spacial score (nSPS) is 10.6. The van der Waals surface area contributed by atoms with Crippen LogP contribution in [-0.4, -0.2) is 0 Å². The Morgan fingerprint density at radius 2 is 1.58 bits per heavy atom. The van der Waals surface area contributed by atoms with Crippen LogP contribution in [0.4, 0.5) is 10.1 Å². The first-order valence-electron chi connectivity index (χ1n) is 7.86. The molecule has 0 fully saturated rings. The summed E-state index contributed by atoms with van der Waals surface area (Å²) in [5.41, 5.74) is 2.24. The van der Waals surface area contributed by atoms with Gasteiger partial charge >= 0.3 is 0 Å². The van der Waals surface area contributed by atoms with Crippen molar-refractivity contribution in [2.75, 3.05) is 5.32 Å². The van der Waals surface area contributed by atoms with Gasteiger partial charge in [0, 0.05) is 27.8 Å². The monoisotopic (exact) mass is 409 g/mol. The summed E-state index contributed by atoms with van der Waals surface area (Å²) < 4.78 is 19.4. The van der Waals surface area contributed by atoms with E-state index in [1.807, 2.05) is 36.4 Å². The summed E-state index contributed by atoms with van der Waals surface area (Å²) in [5, 5.41) is 4.77. The quantitative estimate of drug-likeness (QED) is 0.473. The Kier molecular flexibility index (Phi) is 6.25. The van der Waals surface area contributed by atoms with Crippen molar-refractivity contribution in [3.63, 3.8) is 0 Å². The number of anilines is 1. The van der Waals surface area contributed by atoms with Crippen LogP contribution >= 0.6 is 34.8 Å². The summed E-state index contributed by atoms with van der Waals surface area (Å²) in [6.45, 7) is 0.681. The Morgan fingerprint density at radius 1 is 0.885 bits per heavy atom. The van der Waals surface area contributed by atoms with E-state index in [0.29, 0.717) is 32.9 Å². The average Bonchev–Trinajstić information content (AvgIpc) is 2.60. The molecular weight excluding hydrogens is 396 g/mol. The topological polar surface area (TPSA) is 21.3 Å². The van der Waals surface area contributed by atoms with Gasteiger partial charge in [-0.2, -0.15) is 0 Å². The van der Waals surface area contributed by atoms with Crippen LogP contribution < -0.4 is 10.1 Å². The minimum Gasteiger partial charge on any atom is -0.489 e. The van der Waals surface area contributed by atoms with Gasteiger partial charge in [-0.15, -0.1) is 0 Å². The number of nitrogens with one attached hydrogen (secondary N) is 1. The lowest BCUT2D eigenvalue weighted by atomic mass is 10.2. The van der Waals surface area contributed by atoms with Crippen LogP contribution in [0.2, 0.25) is 15.1 Å². The largest absolute Gasteiger partial charge is 0.489 e. The van der Waals surface area contributed by atoms with E-state index in [2.05, 4.69) is 5.32 Å². The molecule has 0 aliphatic carbocycles. The maximum atomic E-state index is 13.7. The number of halogens is 4. The van der Waals surface area contributed by atoms with E-state index in [4.69, 9.17) is 39.5 Å². The highest BCUT2D eigenvalue weighted by atomic mass is 35.5. The molecule has 3 aromatic carbocycles. The number of hydrogen-bond acceptors (Lipinski definition) is 2. The first-order valence-corrected chi connectivity index (χ1v) is 8.99. The molecule has 0 atom stereocenters. The molecule has 0 aromatic heterocycles. The number of benzene rings is 3. The Balaban J connectivity index is 1.58. The highest BCUT2D eigenvalue weighted by Crippen LogP contribution is 2.24. The molecule has 26 heavy (non-hydrogen) atoms. The van der Waals surface area contributed by atoms with Crippen LogP contribution in [0.25, 0.3) is 0 Å². The summed E-state index contributed by atoms with van der Waals surface area (Å²) in [5.74, 6) is 0.261. The van der Waals surface area contributed by atoms with Crippen molar-refractivity contribution in [3.05, 3.63) is 92.7 Å². The molecule has 0 aliphatic heterocycles. The summed E-state index contributed by atoms with van der Waals surface area (Å²) in [7, 11) is 0. The highest BCUT2D eigenvalue weighted by Gasteiger charge is 2.07. The van der Waals surface area contributed by atoms with Gasteiger partial charge < -0.3 is 10.1 Å². The standard InChI is InChI=1S/C20H15Cl3FNO/c21-14-8-15(22)10-16(9-14)25-11-13-4-6-17(7-5-13)26-12-18-19(23)2-1-3-20(18)24/h1-10,25H,11-12H2. The van der Waals surface area contributed by atoms with Crippen molar-refractivity contribution >= 4 is 40.5 Å². The second-order valence-corrected chi connectivity index (χ2v) is 6.92. The number of ether oxygens (including phenoxy) is 1. The molecule has 0 bridgehead atoms. The molecule has 0 unspecified atom stereocenters. The molecule has 3 aromatic rings. The first kappa shape index (κ1) is 18.8. The lowest BCUT2D eigenvalue weighted by Crippen LogP contribution is -2.01. The van der Waals surface area contributed by atoms with Gasteiger partial charge in [-0.25, -0.2) is 4.39 Å². The first-order chi connectivity index (χ1) is 12.5. The van der Waals surface area contributed by atoms with Crippen molar-refractivity contribution in [2.24, 2.45) is 0 Å². The molecule has 0 saturated carbocycles. The van der Waals surface area contributed by atoms with Crippen LogP contribution in [0.1, 0.15) is 11.1 Å². The van der Waals surface area contributed by atoms with Gasteiger partial charge in [0.1, 0.15) is 18.2 Å². The van der Waals surface area contributed by atoms with Crippen molar-refractivity contribution in [1.29, 1.82) is 0 Å². The average molecular weight is 411 g/mol. The maximum absolute atomic E-state index is 13.7. The molecule has 3 rings (SSSR count). The fourth-order valence-electron chi connectivity index (χ4n) is 2.39. The predicted octanol–water partition coefficient (Wildman–Crippen LogP) is 6.98. The van der Waals surface area contributed by atoms with Crippen LogP contribution in [0.3, 0.4) is 0 Å². The molecular formula is C20H15Cl3FNO. The van der Waals surface area contributed by atoms with Gasteiger partial charge in [0.2, 0.25) is 0 Å². The smallest absolute Gasteiger partial charge is 0.131 e. The van der Waals surface area contributed by atoms with E-state index < -0.39 is 0 Å².